The predicted molar refractivity (Wildman–Crippen MR) is 73.9 cm³/mol. The van der Waals surface area contributed by atoms with Crippen molar-refractivity contribution < 1.29 is 0 Å². The summed E-state index contributed by atoms with van der Waals surface area (Å²) in [7, 11) is 0. The van der Waals surface area contributed by atoms with Gasteiger partial charge in [-0.05, 0) is 38.3 Å². The van der Waals surface area contributed by atoms with Gasteiger partial charge in [-0.15, -0.1) is 0 Å². The van der Waals surface area contributed by atoms with Crippen molar-refractivity contribution in [2.24, 2.45) is 0 Å². The maximum Gasteiger partial charge on any atom is 0.161 e. The normalized spacial score (nSPS) is 14.8. The number of benzene rings is 1. The van der Waals surface area contributed by atoms with Crippen LogP contribution in [0.4, 0.5) is 0 Å². The second-order valence-electron chi connectivity index (χ2n) is 5.03. The molecule has 0 atom stereocenters. The summed E-state index contributed by atoms with van der Waals surface area (Å²) in [6.45, 7) is 4.18. The molecule has 3 rings (SSSR count). The summed E-state index contributed by atoms with van der Waals surface area (Å²) in [6.07, 6.45) is 2.44. The fourth-order valence-electron chi connectivity index (χ4n) is 2.21. The molecule has 1 aromatic heterocycles. The van der Waals surface area contributed by atoms with Crippen LogP contribution < -0.4 is 0 Å². The Bertz CT molecular complexity index is 603. The Hall–Kier alpha value is -1.41. The number of aryl methyl sites for hydroxylation is 2. The predicted octanol–water partition coefficient (Wildman–Crippen LogP) is 4.29. The fraction of sp³-hybridized carbons (Fsp3) is 0.333. The summed E-state index contributed by atoms with van der Waals surface area (Å²) in [5.74, 6) is 1.34. The first kappa shape index (κ1) is 11.7. The lowest BCUT2D eigenvalue weighted by molar-refractivity contribution is 0.992. The summed E-state index contributed by atoms with van der Waals surface area (Å²) in [4.78, 5) is 9.02. The van der Waals surface area contributed by atoms with Crippen molar-refractivity contribution >= 4 is 11.6 Å². The lowest BCUT2D eigenvalue weighted by Gasteiger charge is -2.08. The van der Waals surface area contributed by atoms with E-state index in [1.807, 2.05) is 6.07 Å². The van der Waals surface area contributed by atoms with Crippen LogP contribution in [0, 0.1) is 13.8 Å². The number of halogens is 1. The highest BCUT2D eigenvalue weighted by Gasteiger charge is 2.26. The van der Waals surface area contributed by atoms with Crippen molar-refractivity contribution in [3.05, 3.63) is 46.2 Å². The van der Waals surface area contributed by atoms with Gasteiger partial charge < -0.3 is 0 Å². The zero-order valence-corrected chi connectivity index (χ0v) is 11.3. The van der Waals surface area contributed by atoms with Crippen LogP contribution in [0.25, 0.3) is 11.4 Å². The standard InChI is InChI=1S/C15H15ClN2/c1-9-3-6-12(10(2)7-9)15-17-13(11-4-5-11)8-14(16)18-15/h3,6-8,11H,4-5H2,1-2H3. The Labute approximate surface area is 112 Å². The third kappa shape index (κ3) is 2.25. The number of hydrogen-bond acceptors (Lipinski definition) is 2. The molecule has 2 nitrogen and oxygen atoms in total. The van der Waals surface area contributed by atoms with Crippen LogP contribution in [-0.4, -0.2) is 9.97 Å². The average molecular weight is 259 g/mol. The molecule has 0 spiro atoms. The molecule has 18 heavy (non-hydrogen) atoms. The van der Waals surface area contributed by atoms with Gasteiger partial charge in [-0.1, -0.05) is 35.4 Å². The highest BCUT2D eigenvalue weighted by Crippen LogP contribution is 2.40. The monoisotopic (exact) mass is 258 g/mol. The summed E-state index contributed by atoms with van der Waals surface area (Å²) in [5.41, 5.74) is 4.61. The van der Waals surface area contributed by atoms with Gasteiger partial charge in [0.1, 0.15) is 5.15 Å². The molecular formula is C15H15ClN2. The van der Waals surface area contributed by atoms with E-state index in [0.717, 1.165) is 17.1 Å². The zero-order chi connectivity index (χ0) is 12.7. The zero-order valence-electron chi connectivity index (χ0n) is 10.6. The Morgan fingerprint density at radius 1 is 1.11 bits per heavy atom. The molecule has 92 valence electrons. The lowest BCUT2D eigenvalue weighted by atomic mass is 10.1. The van der Waals surface area contributed by atoms with E-state index in [2.05, 4.69) is 42.0 Å². The van der Waals surface area contributed by atoms with E-state index in [-0.39, 0.29) is 0 Å². The van der Waals surface area contributed by atoms with Gasteiger partial charge in [0.15, 0.2) is 5.82 Å². The number of rotatable bonds is 2. The van der Waals surface area contributed by atoms with Crippen molar-refractivity contribution in [1.29, 1.82) is 0 Å². The van der Waals surface area contributed by atoms with Crippen LogP contribution in [0.1, 0.15) is 35.6 Å². The minimum absolute atomic E-state index is 0.543. The Morgan fingerprint density at radius 3 is 2.56 bits per heavy atom. The van der Waals surface area contributed by atoms with E-state index in [1.165, 1.54) is 24.0 Å². The van der Waals surface area contributed by atoms with Crippen molar-refractivity contribution in [2.75, 3.05) is 0 Å². The quantitative estimate of drug-likeness (QED) is 0.751. The molecule has 0 N–H and O–H groups in total. The molecular weight excluding hydrogens is 244 g/mol. The molecule has 0 bridgehead atoms. The van der Waals surface area contributed by atoms with E-state index in [1.54, 1.807) is 0 Å². The minimum Gasteiger partial charge on any atom is -0.233 e. The second kappa shape index (κ2) is 4.36. The van der Waals surface area contributed by atoms with Crippen molar-refractivity contribution in [2.45, 2.75) is 32.6 Å². The molecule has 1 aromatic carbocycles. The Balaban J connectivity index is 2.10. The van der Waals surface area contributed by atoms with Gasteiger partial charge in [-0.2, -0.15) is 0 Å². The molecule has 0 radical (unpaired) electrons. The molecule has 0 saturated heterocycles. The largest absolute Gasteiger partial charge is 0.233 e. The van der Waals surface area contributed by atoms with Crippen molar-refractivity contribution in [3.63, 3.8) is 0 Å². The van der Waals surface area contributed by atoms with Gasteiger partial charge >= 0.3 is 0 Å². The van der Waals surface area contributed by atoms with Crippen LogP contribution in [0.15, 0.2) is 24.3 Å². The van der Waals surface area contributed by atoms with Gasteiger partial charge in [-0.25, -0.2) is 9.97 Å². The van der Waals surface area contributed by atoms with Gasteiger partial charge in [0, 0.05) is 17.2 Å². The SMILES string of the molecule is Cc1ccc(-c2nc(Cl)cc(C3CC3)n2)c(C)c1. The first-order valence-corrected chi connectivity index (χ1v) is 6.63. The molecule has 1 aliphatic rings. The topological polar surface area (TPSA) is 25.8 Å². The molecule has 1 saturated carbocycles. The van der Waals surface area contributed by atoms with E-state index in [0.29, 0.717) is 11.1 Å². The van der Waals surface area contributed by atoms with Gasteiger partial charge in [0.05, 0.1) is 0 Å². The maximum atomic E-state index is 6.10. The molecule has 0 aliphatic heterocycles. The van der Waals surface area contributed by atoms with Gasteiger partial charge in [0.2, 0.25) is 0 Å². The van der Waals surface area contributed by atoms with Crippen LogP contribution in [-0.2, 0) is 0 Å². The summed E-state index contributed by atoms with van der Waals surface area (Å²) in [6, 6.07) is 8.21. The number of nitrogens with zero attached hydrogens (tertiary/aromatic N) is 2. The maximum absolute atomic E-state index is 6.10. The third-order valence-corrected chi connectivity index (χ3v) is 3.53. The molecule has 0 unspecified atom stereocenters. The fourth-order valence-corrected chi connectivity index (χ4v) is 2.40. The Kier molecular flexibility index (Phi) is 2.83. The molecule has 2 aromatic rings. The summed E-state index contributed by atoms with van der Waals surface area (Å²) in [5, 5.41) is 0.543. The van der Waals surface area contributed by atoms with Crippen molar-refractivity contribution in [3.8, 4) is 11.4 Å². The number of hydrogen-bond donors (Lipinski definition) is 0. The first-order chi connectivity index (χ1) is 8.63. The molecule has 1 aliphatic carbocycles. The molecule has 1 heterocycles. The highest BCUT2D eigenvalue weighted by molar-refractivity contribution is 6.29. The highest BCUT2D eigenvalue weighted by atomic mass is 35.5. The summed E-state index contributed by atoms with van der Waals surface area (Å²) < 4.78 is 0. The van der Waals surface area contributed by atoms with Crippen LogP contribution in [0.3, 0.4) is 0 Å². The minimum atomic E-state index is 0.543. The number of aromatic nitrogens is 2. The van der Waals surface area contributed by atoms with Crippen LogP contribution in [0.5, 0.6) is 0 Å². The van der Waals surface area contributed by atoms with Crippen LogP contribution in [0.2, 0.25) is 5.15 Å². The second-order valence-corrected chi connectivity index (χ2v) is 5.42. The van der Waals surface area contributed by atoms with E-state index >= 15 is 0 Å². The van der Waals surface area contributed by atoms with Crippen LogP contribution >= 0.6 is 11.6 Å². The van der Waals surface area contributed by atoms with E-state index < -0.39 is 0 Å². The molecule has 1 fully saturated rings. The van der Waals surface area contributed by atoms with Gasteiger partial charge in [-0.3, -0.25) is 0 Å². The van der Waals surface area contributed by atoms with Crippen molar-refractivity contribution in [1.82, 2.24) is 9.97 Å². The average Bonchev–Trinajstić information content (AvgIpc) is 3.11. The van der Waals surface area contributed by atoms with E-state index in [9.17, 15) is 0 Å². The smallest absolute Gasteiger partial charge is 0.161 e. The van der Waals surface area contributed by atoms with Gasteiger partial charge in [0.25, 0.3) is 0 Å². The Morgan fingerprint density at radius 2 is 1.89 bits per heavy atom. The molecule has 3 heteroatoms. The first-order valence-electron chi connectivity index (χ1n) is 6.25. The third-order valence-electron chi connectivity index (χ3n) is 3.33. The summed E-state index contributed by atoms with van der Waals surface area (Å²) >= 11 is 6.10. The molecule has 0 amide bonds. The van der Waals surface area contributed by atoms with E-state index in [4.69, 9.17) is 11.6 Å². The lowest BCUT2D eigenvalue weighted by Crippen LogP contribution is -1.96.